The molecule has 1 heterocycles. The van der Waals surface area contributed by atoms with Gasteiger partial charge in [0, 0.05) is 11.8 Å². The minimum Gasteiger partial charge on any atom is -0.398 e. The molecule has 0 aromatic heterocycles. The number of nitrogens with two attached hydrogens (primary N) is 1. The van der Waals surface area contributed by atoms with Gasteiger partial charge in [-0.15, -0.1) is 0 Å². The highest BCUT2D eigenvalue weighted by atomic mass is 19.2. The highest BCUT2D eigenvalue weighted by Crippen LogP contribution is 2.25. The number of nitrogens with zero attached hydrogens (tertiary/aromatic N) is 1. The van der Waals surface area contributed by atoms with Crippen LogP contribution in [0.4, 0.5) is 14.5 Å². The Bertz CT molecular complexity index is 481. The third-order valence-electron chi connectivity index (χ3n) is 2.67. The summed E-state index contributed by atoms with van der Waals surface area (Å²) in [5.41, 5.74) is 4.35. The van der Waals surface area contributed by atoms with Crippen LogP contribution in [0.3, 0.4) is 0 Å². The van der Waals surface area contributed by atoms with Crippen LogP contribution in [0.2, 0.25) is 0 Å². The van der Waals surface area contributed by atoms with E-state index in [1.54, 1.807) is 6.92 Å². The summed E-state index contributed by atoms with van der Waals surface area (Å²) in [6.07, 6.45) is 0. The Morgan fingerprint density at radius 3 is 2.47 bits per heavy atom. The zero-order valence-electron chi connectivity index (χ0n) is 9.20. The summed E-state index contributed by atoms with van der Waals surface area (Å²) in [7, 11) is 0. The van der Waals surface area contributed by atoms with E-state index >= 15 is 0 Å². The molecule has 2 rings (SSSR count). The molecule has 1 aliphatic heterocycles. The Morgan fingerprint density at radius 1 is 1.41 bits per heavy atom. The van der Waals surface area contributed by atoms with E-state index < -0.39 is 23.1 Å². The lowest BCUT2D eigenvalue weighted by Gasteiger charge is -2.44. The summed E-state index contributed by atoms with van der Waals surface area (Å²) in [6, 6.07) is 1.56. The lowest BCUT2D eigenvalue weighted by atomic mass is 9.95. The number of aliphatic hydroxyl groups is 1. The number of nitrogen functional groups attached to an aromatic ring is 1. The first-order valence-corrected chi connectivity index (χ1v) is 5.06. The predicted octanol–water partition coefficient (Wildman–Crippen LogP) is 0.754. The van der Waals surface area contributed by atoms with Crippen LogP contribution in [0, 0.1) is 11.6 Å². The van der Waals surface area contributed by atoms with Crippen molar-refractivity contribution in [3.8, 4) is 0 Å². The lowest BCUT2D eigenvalue weighted by molar-refractivity contribution is -0.0668. The number of halogens is 2. The van der Waals surface area contributed by atoms with Crippen LogP contribution in [0.25, 0.3) is 0 Å². The molecule has 3 N–H and O–H groups in total. The number of β-amino-alcohol motifs (C(OH)–C–C–N with tert-alkyl or cyclic N) is 1. The molecular weight excluding hydrogens is 230 g/mol. The zero-order chi connectivity index (χ0) is 12.8. The number of benzene rings is 1. The molecule has 1 aromatic rings. The Kier molecular flexibility index (Phi) is 2.54. The van der Waals surface area contributed by atoms with Crippen molar-refractivity contribution in [1.82, 2.24) is 4.90 Å². The standard InChI is InChI=1S/C11H12F2N2O2/c1-11(17)4-15(5-11)10(16)6-2-7(12)8(13)3-9(6)14/h2-3,17H,4-5,14H2,1H3. The number of carbonyl (C=O) groups is 1. The average molecular weight is 242 g/mol. The molecule has 1 fully saturated rings. The van der Waals surface area contributed by atoms with E-state index in [9.17, 15) is 18.7 Å². The molecule has 0 saturated carbocycles. The van der Waals surface area contributed by atoms with Gasteiger partial charge in [-0.25, -0.2) is 8.78 Å². The predicted molar refractivity (Wildman–Crippen MR) is 57.3 cm³/mol. The Labute approximate surface area is 96.6 Å². The molecule has 1 aliphatic rings. The summed E-state index contributed by atoms with van der Waals surface area (Å²) in [6.45, 7) is 1.90. The van der Waals surface area contributed by atoms with Gasteiger partial charge in [0.2, 0.25) is 0 Å². The Hall–Kier alpha value is -1.69. The number of carbonyl (C=O) groups excluding carboxylic acids is 1. The van der Waals surface area contributed by atoms with E-state index in [1.807, 2.05) is 0 Å². The summed E-state index contributed by atoms with van der Waals surface area (Å²) in [4.78, 5) is 13.2. The maximum atomic E-state index is 13.0. The van der Waals surface area contributed by atoms with Crippen molar-refractivity contribution >= 4 is 11.6 Å². The van der Waals surface area contributed by atoms with Gasteiger partial charge in [-0.3, -0.25) is 4.79 Å². The van der Waals surface area contributed by atoms with Crippen molar-refractivity contribution in [3.63, 3.8) is 0 Å². The van der Waals surface area contributed by atoms with Gasteiger partial charge in [0.15, 0.2) is 11.6 Å². The molecule has 92 valence electrons. The first-order valence-electron chi connectivity index (χ1n) is 5.06. The van der Waals surface area contributed by atoms with Gasteiger partial charge in [-0.1, -0.05) is 0 Å². The van der Waals surface area contributed by atoms with Crippen molar-refractivity contribution in [2.24, 2.45) is 0 Å². The fourth-order valence-corrected chi connectivity index (χ4v) is 1.84. The molecule has 4 nitrogen and oxygen atoms in total. The van der Waals surface area contributed by atoms with E-state index in [0.717, 1.165) is 12.1 Å². The Balaban J connectivity index is 2.24. The number of amides is 1. The topological polar surface area (TPSA) is 66.6 Å². The van der Waals surface area contributed by atoms with Gasteiger partial charge < -0.3 is 15.7 Å². The first-order chi connectivity index (χ1) is 7.80. The van der Waals surface area contributed by atoms with Crippen molar-refractivity contribution in [2.75, 3.05) is 18.8 Å². The third-order valence-corrected chi connectivity index (χ3v) is 2.67. The van der Waals surface area contributed by atoms with Crippen molar-refractivity contribution < 1.29 is 18.7 Å². The maximum Gasteiger partial charge on any atom is 0.256 e. The minimum absolute atomic E-state index is 0.0839. The van der Waals surface area contributed by atoms with Crippen LogP contribution in [-0.4, -0.2) is 34.6 Å². The van der Waals surface area contributed by atoms with Crippen molar-refractivity contribution in [2.45, 2.75) is 12.5 Å². The second-order valence-electron chi connectivity index (χ2n) is 4.51. The van der Waals surface area contributed by atoms with E-state index in [1.165, 1.54) is 4.90 Å². The second-order valence-corrected chi connectivity index (χ2v) is 4.51. The molecular formula is C11H12F2N2O2. The first kappa shape index (κ1) is 11.8. The fourth-order valence-electron chi connectivity index (χ4n) is 1.84. The summed E-state index contributed by atoms with van der Waals surface area (Å²) < 4.78 is 25.8. The smallest absolute Gasteiger partial charge is 0.256 e. The lowest BCUT2D eigenvalue weighted by Crippen LogP contribution is -2.61. The van der Waals surface area contributed by atoms with Crippen LogP contribution >= 0.6 is 0 Å². The third kappa shape index (κ3) is 2.08. The number of rotatable bonds is 1. The van der Waals surface area contributed by atoms with Gasteiger partial charge in [0.25, 0.3) is 5.91 Å². The highest BCUT2D eigenvalue weighted by molar-refractivity contribution is 5.99. The minimum atomic E-state index is -1.12. The number of likely N-dealkylation sites (tertiary alicyclic amines) is 1. The molecule has 1 amide bonds. The molecule has 6 heteroatoms. The van der Waals surface area contributed by atoms with Gasteiger partial charge >= 0.3 is 0 Å². The summed E-state index contributed by atoms with van der Waals surface area (Å²) in [5.74, 6) is -2.71. The molecule has 1 saturated heterocycles. The van der Waals surface area contributed by atoms with Crippen LogP contribution in [0.15, 0.2) is 12.1 Å². The van der Waals surface area contributed by atoms with Gasteiger partial charge in [0.05, 0.1) is 24.3 Å². The van der Waals surface area contributed by atoms with Crippen LogP contribution in [0.5, 0.6) is 0 Å². The molecule has 0 aliphatic carbocycles. The second kappa shape index (κ2) is 3.66. The van der Waals surface area contributed by atoms with Gasteiger partial charge in [-0.2, -0.15) is 0 Å². The fraction of sp³-hybridized carbons (Fsp3) is 0.364. The van der Waals surface area contributed by atoms with E-state index in [2.05, 4.69) is 0 Å². The van der Waals surface area contributed by atoms with Crippen LogP contribution in [0.1, 0.15) is 17.3 Å². The molecule has 1 aromatic carbocycles. The summed E-state index contributed by atoms with van der Waals surface area (Å²) in [5, 5.41) is 9.49. The monoisotopic (exact) mass is 242 g/mol. The number of hydrogen-bond acceptors (Lipinski definition) is 3. The number of anilines is 1. The zero-order valence-corrected chi connectivity index (χ0v) is 9.20. The van der Waals surface area contributed by atoms with E-state index in [0.29, 0.717) is 0 Å². The van der Waals surface area contributed by atoms with Crippen LogP contribution in [-0.2, 0) is 0 Å². The largest absolute Gasteiger partial charge is 0.398 e. The quantitative estimate of drug-likeness (QED) is 0.714. The molecule has 0 spiro atoms. The molecule has 0 bridgehead atoms. The van der Waals surface area contributed by atoms with E-state index in [-0.39, 0.29) is 24.3 Å². The molecule has 17 heavy (non-hydrogen) atoms. The Morgan fingerprint density at radius 2 is 1.94 bits per heavy atom. The average Bonchev–Trinajstić information content (AvgIpc) is 2.19. The van der Waals surface area contributed by atoms with Crippen LogP contribution < -0.4 is 5.73 Å². The van der Waals surface area contributed by atoms with Crippen molar-refractivity contribution in [1.29, 1.82) is 0 Å². The molecule has 0 radical (unpaired) electrons. The maximum absolute atomic E-state index is 13.0. The SMILES string of the molecule is CC1(O)CN(C(=O)c2cc(F)c(F)cc2N)C1. The molecule has 0 atom stereocenters. The van der Waals surface area contributed by atoms with Crippen molar-refractivity contribution in [3.05, 3.63) is 29.3 Å². The van der Waals surface area contributed by atoms with Gasteiger partial charge in [0.1, 0.15) is 0 Å². The normalized spacial score (nSPS) is 17.8. The van der Waals surface area contributed by atoms with Gasteiger partial charge in [-0.05, 0) is 13.0 Å². The number of hydrogen-bond donors (Lipinski definition) is 2. The van der Waals surface area contributed by atoms with E-state index in [4.69, 9.17) is 5.73 Å². The molecule has 0 unspecified atom stereocenters. The highest BCUT2D eigenvalue weighted by Gasteiger charge is 2.40. The summed E-state index contributed by atoms with van der Waals surface area (Å²) >= 11 is 0.